The SMILES string of the molecule is C1COCCN1.CNc1cc(Nc2cnc(C#N)cn2)nnc1-c1ccc(F)cc1. The fraction of sp³-hybridized carbons (Fsp3) is 0.250. The molecule has 0 amide bonds. The molecule has 10 heteroatoms. The van der Waals surface area contributed by atoms with Gasteiger partial charge in [0, 0.05) is 31.8 Å². The van der Waals surface area contributed by atoms with Crippen LogP contribution in [-0.4, -0.2) is 53.5 Å². The van der Waals surface area contributed by atoms with E-state index in [0.29, 0.717) is 17.3 Å². The largest absolute Gasteiger partial charge is 0.386 e. The van der Waals surface area contributed by atoms with Crippen molar-refractivity contribution in [1.82, 2.24) is 25.5 Å². The third kappa shape index (κ3) is 5.91. The van der Waals surface area contributed by atoms with E-state index in [9.17, 15) is 4.39 Å². The van der Waals surface area contributed by atoms with Gasteiger partial charge in [-0.05, 0) is 24.3 Å². The monoisotopic (exact) mass is 408 g/mol. The van der Waals surface area contributed by atoms with Gasteiger partial charge in [-0.1, -0.05) is 0 Å². The number of hydrogen-bond donors (Lipinski definition) is 3. The minimum Gasteiger partial charge on any atom is -0.386 e. The van der Waals surface area contributed by atoms with Gasteiger partial charge in [-0.3, -0.25) is 0 Å². The van der Waals surface area contributed by atoms with Gasteiger partial charge < -0.3 is 20.7 Å². The van der Waals surface area contributed by atoms with E-state index in [1.54, 1.807) is 25.2 Å². The number of ether oxygens (including phenoxy) is 1. The number of nitrogens with zero attached hydrogens (tertiary/aromatic N) is 5. The van der Waals surface area contributed by atoms with Gasteiger partial charge in [0.1, 0.15) is 23.4 Å². The number of morpholine rings is 1. The van der Waals surface area contributed by atoms with Crippen LogP contribution in [0.4, 0.5) is 21.7 Å². The highest BCUT2D eigenvalue weighted by atomic mass is 19.1. The Balaban J connectivity index is 0.000000367. The predicted molar refractivity (Wildman–Crippen MR) is 111 cm³/mol. The first-order chi connectivity index (χ1) is 14.7. The van der Waals surface area contributed by atoms with E-state index in [1.165, 1.54) is 24.5 Å². The second-order valence-electron chi connectivity index (χ2n) is 6.13. The highest BCUT2D eigenvalue weighted by Crippen LogP contribution is 2.27. The van der Waals surface area contributed by atoms with Gasteiger partial charge in [-0.2, -0.15) is 5.26 Å². The first-order valence-electron chi connectivity index (χ1n) is 9.28. The average molecular weight is 408 g/mol. The summed E-state index contributed by atoms with van der Waals surface area (Å²) in [6.45, 7) is 3.83. The Hall–Kier alpha value is -3.68. The molecule has 1 aliphatic heterocycles. The predicted octanol–water partition coefficient (Wildman–Crippen LogP) is 2.34. The molecule has 30 heavy (non-hydrogen) atoms. The zero-order chi connectivity index (χ0) is 21.2. The lowest BCUT2D eigenvalue weighted by molar-refractivity contribution is 0.109. The van der Waals surface area contributed by atoms with E-state index in [-0.39, 0.29) is 11.5 Å². The van der Waals surface area contributed by atoms with Crippen molar-refractivity contribution in [3.8, 4) is 17.3 Å². The van der Waals surface area contributed by atoms with E-state index in [4.69, 9.17) is 10.00 Å². The lowest BCUT2D eigenvalue weighted by Gasteiger charge is -2.10. The number of hydrogen-bond acceptors (Lipinski definition) is 9. The molecule has 9 nitrogen and oxygen atoms in total. The molecule has 0 unspecified atom stereocenters. The summed E-state index contributed by atoms with van der Waals surface area (Å²) in [5.74, 6) is 0.597. The third-order valence-corrected chi connectivity index (χ3v) is 4.05. The molecule has 1 fully saturated rings. The number of nitriles is 1. The Kier molecular flexibility index (Phi) is 7.54. The number of aromatic nitrogens is 4. The highest BCUT2D eigenvalue weighted by Gasteiger charge is 2.09. The van der Waals surface area contributed by atoms with Crippen molar-refractivity contribution >= 4 is 17.3 Å². The summed E-state index contributed by atoms with van der Waals surface area (Å²) < 4.78 is 18.1. The topological polar surface area (TPSA) is 121 Å². The van der Waals surface area contributed by atoms with E-state index in [1.807, 2.05) is 6.07 Å². The molecule has 3 heterocycles. The number of rotatable bonds is 4. The van der Waals surface area contributed by atoms with Gasteiger partial charge in [0.2, 0.25) is 0 Å². The molecule has 4 rings (SSSR count). The fourth-order valence-electron chi connectivity index (χ4n) is 2.56. The van der Waals surface area contributed by atoms with Crippen molar-refractivity contribution < 1.29 is 9.13 Å². The Labute approximate surface area is 173 Å². The molecule has 3 aromatic rings. The van der Waals surface area contributed by atoms with Crippen molar-refractivity contribution in [2.45, 2.75) is 0 Å². The van der Waals surface area contributed by atoms with Crippen LogP contribution in [0.1, 0.15) is 5.69 Å². The zero-order valence-electron chi connectivity index (χ0n) is 16.4. The van der Waals surface area contributed by atoms with Gasteiger partial charge in [0.15, 0.2) is 11.5 Å². The first kappa shape index (κ1) is 21.0. The molecule has 0 aliphatic carbocycles. The summed E-state index contributed by atoms with van der Waals surface area (Å²) in [5.41, 5.74) is 2.31. The summed E-state index contributed by atoms with van der Waals surface area (Å²) in [5, 5.41) is 26.2. The molecule has 2 aromatic heterocycles. The summed E-state index contributed by atoms with van der Waals surface area (Å²) in [6, 6.07) is 9.67. The van der Waals surface area contributed by atoms with Crippen LogP contribution in [0, 0.1) is 17.1 Å². The fourth-order valence-corrected chi connectivity index (χ4v) is 2.56. The number of anilines is 3. The molecule has 0 spiro atoms. The normalized spacial score (nSPS) is 12.8. The maximum Gasteiger partial charge on any atom is 0.158 e. The van der Waals surface area contributed by atoms with Crippen molar-refractivity contribution in [3.05, 3.63) is 54.2 Å². The highest BCUT2D eigenvalue weighted by molar-refractivity contribution is 5.76. The maximum absolute atomic E-state index is 13.1. The van der Waals surface area contributed by atoms with Crippen molar-refractivity contribution in [2.24, 2.45) is 0 Å². The van der Waals surface area contributed by atoms with Crippen LogP contribution < -0.4 is 16.0 Å². The van der Waals surface area contributed by atoms with Crippen molar-refractivity contribution in [1.29, 1.82) is 5.26 Å². The molecule has 154 valence electrons. The second-order valence-corrected chi connectivity index (χ2v) is 6.13. The van der Waals surface area contributed by atoms with E-state index in [2.05, 4.69) is 36.1 Å². The molecule has 1 aliphatic rings. The molecule has 1 saturated heterocycles. The van der Waals surface area contributed by atoms with E-state index < -0.39 is 0 Å². The van der Waals surface area contributed by atoms with Crippen LogP contribution in [0.3, 0.4) is 0 Å². The van der Waals surface area contributed by atoms with Crippen molar-refractivity contribution in [2.75, 3.05) is 44.0 Å². The van der Waals surface area contributed by atoms with Crippen LogP contribution >= 0.6 is 0 Å². The van der Waals surface area contributed by atoms with Gasteiger partial charge >= 0.3 is 0 Å². The summed E-state index contributed by atoms with van der Waals surface area (Å²) in [7, 11) is 1.76. The summed E-state index contributed by atoms with van der Waals surface area (Å²) in [4.78, 5) is 7.99. The van der Waals surface area contributed by atoms with E-state index in [0.717, 1.165) is 37.6 Å². The van der Waals surface area contributed by atoms with Crippen LogP contribution in [0.2, 0.25) is 0 Å². The van der Waals surface area contributed by atoms with Crippen LogP contribution in [0.5, 0.6) is 0 Å². The maximum atomic E-state index is 13.1. The minimum absolute atomic E-state index is 0.231. The zero-order valence-corrected chi connectivity index (χ0v) is 16.4. The smallest absolute Gasteiger partial charge is 0.158 e. The molecular weight excluding hydrogens is 387 g/mol. The Morgan fingerprint density at radius 1 is 1.07 bits per heavy atom. The lowest BCUT2D eigenvalue weighted by Crippen LogP contribution is -2.30. The quantitative estimate of drug-likeness (QED) is 0.597. The third-order valence-electron chi connectivity index (χ3n) is 4.05. The van der Waals surface area contributed by atoms with Gasteiger partial charge in [-0.25, -0.2) is 14.4 Å². The molecule has 0 radical (unpaired) electrons. The lowest BCUT2D eigenvalue weighted by atomic mass is 10.1. The number of halogens is 1. The Morgan fingerprint density at radius 2 is 1.83 bits per heavy atom. The Bertz CT molecular complexity index is 974. The minimum atomic E-state index is -0.310. The van der Waals surface area contributed by atoms with Crippen LogP contribution in [0.15, 0.2) is 42.7 Å². The number of nitrogens with one attached hydrogen (secondary N) is 3. The summed E-state index contributed by atoms with van der Waals surface area (Å²) in [6.07, 6.45) is 2.80. The van der Waals surface area contributed by atoms with E-state index >= 15 is 0 Å². The molecular formula is C20H21FN8O. The second kappa shape index (κ2) is 10.8. The molecule has 1 aromatic carbocycles. The molecule has 0 bridgehead atoms. The first-order valence-corrected chi connectivity index (χ1v) is 9.28. The number of benzene rings is 1. The standard InChI is InChI=1S/C16H12FN7.C4H9NO/c1-19-13-6-14(22-15-9-20-12(7-18)8-21-15)23-24-16(13)10-2-4-11(17)5-3-10;1-3-6-4-2-5-1/h2-6,8-9H,1H3,(H2,19,21,22,23);5H,1-4H2. The van der Waals surface area contributed by atoms with Crippen LogP contribution in [0.25, 0.3) is 11.3 Å². The van der Waals surface area contributed by atoms with Gasteiger partial charge in [0.25, 0.3) is 0 Å². The Morgan fingerprint density at radius 3 is 2.37 bits per heavy atom. The average Bonchev–Trinajstić information content (AvgIpc) is 2.82. The van der Waals surface area contributed by atoms with Gasteiger partial charge in [0.05, 0.1) is 31.3 Å². The molecule has 0 atom stereocenters. The van der Waals surface area contributed by atoms with Gasteiger partial charge in [-0.15, -0.1) is 10.2 Å². The summed E-state index contributed by atoms with van der Waals surface area (Å²) >= 11 is 0. The molecule has 0 saturated carbocycles. The van der Waals surface area contributed by atoms with Crippen molar-refractivity contribution in [3.63, 3.8) is 0 Å². The van der Waals surface area contributed by atoms with Crippen LogP contribution in [-0.2, 0) is 4.74 Å². The molecule has 3 N–H and O–H groups in total.